The smallest absolute Gasteiger partial charge is 0.182 e. The number of anilines is 1. The Morgan fingerprint density at radius 3 is 2.95 bits per heavy atom. The second-order valence-electron chi connectivity index (χ2n) is 5.21. The third-order valence-corrected chi connectivity index (χ3v) is 4.26. The molecule has 1 heterocycles. The normalized spacial score (nSPS) is 16.5. The summed E-state index contributed by atoms with van der Waals surface area (Å²) in [6, 6.07) is 6.13. The number of aromatic nitrogens is 4. The monoisotopic (exact) mass is 321 g/mol. The van der Waals surface area contributed by atoms with E-state index < -0.39 is 0 Å². The first kappa shape index (κ1) is 12.6. The van der Waals surface area contributed by atoms with Crippen molar-refractivity contribution in [1.29, 1.82) is 0 Å². The summed E-state index contributed by atoms with van der Waals surface area (Å²) in [6.07, 6.45) is 3.82. The topological polar surface area (TPSA) is 69.6 Å². The van der Waals surface area contributed by atoms with E-state index in [9.17, 15) is 0 Å². The zero-order chi connectivity index (χ0) is 13.4. The molecule has 6 heteroatoms. The average molecular weight is 322 g/mol. The number of nitrogen functional groups attached to an aromatic ring is 1. The summed E-state index contributed by atoms with van der Waals surface area (Å²) in [4.78, 5) is 0. The van der Waals surface area contributed by atoms with Crippen molar-refractivity contribution >= 4 is 21.6 Å². The molecule has 1 aliphatic rings. The Labute approximate surface area is 120 Å². The fourth-order valence-electron chi connectivity index (χ4n) is 2.30. The third-order valence-electron chi connectivity index (χ3n) is 3.54. The van der Waals surface area contributed by atoms with Gasteiger partial charge in [-0.25, -0.2) is 4.68 Å². The highest BCUT2D eigenvalue weighted by atomic mass is 79.9. The van der Waals surface area contributed by atoms with E-state index in [0.717, 1.165) is 28.2 Å². The van der Waals surface area contributed by atoms with Crippen molar-refractivity contribution in [2.45, 2.75) is 32.2 Å². The van der Waals surface area contributed by atoms with Crippen molar-refractivity contribution in [3.8, 4) is 11.4 Å². The summed E-state index contributed by atoms with van der Waals surface area (Å²) < 4.78 is 2.79. The van der Waals surface area contributed by atoms with Gasteiger partial charge in [-0.1, -0.05) is 12.8 Å². The molecule has 0 bridgehead atoms. The van der Waals surface area contributed by atoms with Gasteiger partial charge < -0.3 is 5.73 Å². The van der Waals surface area contributed by atoms with Crippen LogP contribution in [0.2, 0.25) is 0 Å². The molecule has 1 saturated carbocycles. The minimum atomic E-state index is 0.322. The van der Waals surface area contributed by atoms with Gasteiger partial charge in [-0.15, -0.1) is 5.10 Å². The van der Waals surface area contributed by atoms with Crippen LogP contribution < -0.4 is 5.73 Å². The summed E-state index contributed by atoms with van der Waals surface area (Å²) in [6.45, 7) is 2.17. The van der Waals surface area contributed by atoms with Crippen molar-refractivity contribution in [3.05, 3.63) is 22.7 Å². The molecule has 1 unspecified atom stereocenters. The van der Waals surface area contributed by atoms with E-state index in [1.807, 2.05) is 22.9 Å². The quantitative estimate of drug-likeness (QED) is 0.879. The molecule has 0 aliphatic heterocycles. The fourth-order valence-corrected chi connectivity index (χ4v) is 2.55. The number of halogens is 1. The van der Waals surface area contributed by atoms with Gasteiger partial charge in [-0.2, -0.15) is 0 Å². The second kappa shape index (κ2) is 4.92. The summed E-state index contributed by atoms with van der Waals surface area (Å²) in [5.74, 6) is 1.63. The molecule has 19 heavy (non-hydrogen) atoms. The van der Waals surface area contributed by atoms with Gasteiger partial charge in [0.15, 0.2) is 5.82 Å². The van der Waals surface area contributed by atoms with E-state index in [4.69, 9.17) is 5.73 Å². The van der Waals surface area contributed by atoms with Gasteiger partial charge in [-0.05, 0) is 63.8 Å². The Kier molecular flexibility index (Phi) is 3.26. The van der Waals surface area contributed by atoms with Crippen LogP contribution in [-0.4, -0.2) is 20.2 Å². The lowest BCUT2D eigenvalue weighted by atomic mass is 10.1. The predicted octanol–water partition coefficient (Wildman–Crippen LogP) is 3.05. The number of nitrogens with zero attached hydrogens (tertiary/aromatic N) is 4. The molecule has 0 radical (unpaired) electrons. The number of tetrazole rings is 1. The first-order valence-corrected chi connectivity index (χ1v) is 7.27. The Morgan fingerprint density at radius 1 is 1.47 bits per heavy atom. The molecule has 3 rings (SSSR count). The zero-order valence-electron chi connectivity index (χ0n) is 10.8. The van der Waals surface area contributed by atoms with Crippen molar-refractivity contribution in [2.75, 3.05) is 5.73 Å². The van der Waals surface area contributed by atoms with Crippen LogP contribution in [0.25, 0.3) is 11.4 Å². The molecular formula is C13H16BrN5. The molecule has 100 valence electrons. The van der Waals surface area contributed by atoms with Gasteiger partial charge in [-0.3, -0.25) is 0 Å². The number of nitrogens with two attached hydrogens (primary N) is 1. The minimum absolute atomic E-state index is 0.322. The summed E-state index contributed by atoms with van der Waals surface area (Å²) in [5, 5.41) is 12.1. The third kappa shape index (κ3) is 2.63. The van der Waals surface area contributed by atoms with Crippen LogP contribution >= 0.6 is 15.9 Å². The summed E-state index contributed by atoms with van der Waals surface area (Å²) in [7, 11) is 0. The van der Waals surface area contributed by atoms with Gasteiger partial charge in [0.05, 0.1) is 6.04 Å². The molecule has 1 aromatic heterocycles. The lowest BCUT2D eigenvalue weighted by Gasteiger charge is -2.13. The van der Waals surface area contributed by atoms with Crippen LogP contribution in [0.3, 0.4) is 0 Å². The number of hydrogen-bond acceptors (Lipinski definition) is 4. The average Bonchev–Trinajstić information content (AvgIpc) is 3.06. The molecule has 1 aromatic carbocycles. The van der Waals surface area contributed by atoms with Gasteiger partial charge in [0.25, 0.3) is 0 Å². The molecule has 5 nitrogen and oxygen atoms in total. The molecule has 2 N–H and O–H groups in total. The molecule has 0 spiro atoms. The lowest BCUT2D eigenvalue weighted by Crippen LogP contribution is -2.10. The molecule has 1 aliphatic carbocycles. The van der Waals surface area contributed by atoms with E-state index >= 15 is 0 Å². The Bertz CT molecular complexity index is 590. The maximum absolute atomic E-state index is 5.92. The number of rotatable bonds is 4. The van der Waals surface area contributed by atoms with Gasteiger partial charge in [0.1, 0.15) is 0 Å². The Hall–Kier alpha value is -1.43. The van der Waals surface area contributed by atoms with Crippen molar-refractivity contribution < 1.29 is 0 Å². The van der Waals surface area contributed by atoms with Gasteiger partial charge in [0, 0.05) is 15.7 Å². The van der Waals surface area contributed by atoms with Crippen molar-refractivity contribution in [1.82, 2.24) is 20.2 Å². The SMILES string of the molecule is CC(CC1CC1)n1nnnc1-c1ccc(Br)c(N)c1. The van der Waals surface area contributed by atoms with Crippen LogP contribution in [-0.2, 0) is 0 Å². The number of hydrogen-bond donors (Lipinski definition) is 1. The Morgan fingerprint density at radius 2 is 2.26 bits per heavy atom. The summed E-state index contributed by atoms with van der Waals surface area (Å²) in [5.41, 5.74) is 7.57. The van der Waals surface area contributed by atoms with Gasteiger partial charge in [0.2, 0.25) is 0 Å². The molecule has 1 atom stereocenters. The van der Waals surface area contributed by atoms with E-state index in [0.29, 0.717) is 11.7 Å². The van der Waals surface area contributed by atoms with Crippen molar-refractivity contribution in [2.24, 2.45) is 5.92 Å². The lowest BCUT2D eigenvalue weighted by molar-refractivity contribution is 0.430. The first-order chi connectivity index (χ1) is 9.15. The van der Waals surface area contributed by atoms with E-state index in [-0.39, 0.29) is 0 Å². The molecular weight excluding hydrogens is 306 g/mol. The first-order valence-electron chi connectivity index (χ1n) is 6.48. The van der Waals surface area contributed by atoms with Crippen LogP contribution in [0.5, 0.6) is 0 Å². The number of benzene rings is 1. The second-order valence-corrected chi connectivity index (χ2v) is 6.07. The maximum atomic E-state index is 5.92. The van der Waals surface area contributed by atoms with E-state index in [1.165, 1.54) is 12.8 Å². The summed E-state index contributed by atoms with van der Waals surface area (Å²) >= 11 is 3.40. The van der Waals surface area contributed by atoms with E-state index in [1.54, 1.807) is 0 Å². The highest BCUT2D eigenvalue weighted by Gasteiger charge is 2.26. The Balaban J connectivity index is 1.91. The highest BCUT2D eigenvalue weighted by molar-refractivity contribution is 9.10. The zero-order valence-corrected chi connectivity index (χ0v) is 12.3. The maximum Gasteiger partial charge on any atom is 0.182 e. The molecule has 1 fully saturated rings. The fraction of sp³-hybridized carbons (Fsp3) is 0.462. The predicted molar refractivity (Wildman–Crippen MR) is 77.4 cm³/mol. The highest BCUT2D eigenvalue weighted by Crippen LogP contribution is 2.37. The largest absolute Gasteiger partial charge is 0.398 e. The van der Waals surface area contributed by atoms with Gasteiger partial charge >= 0.3 is 0 Å². The molecule has 0 amide bonds. The van der Waals surface area contributed by atoms with Crippen LogP contribution in [0.15, 0.2) is 22.7 Å². The van der Waals surface area contributed by atoms with Crippen LogP contribution in [0.1, 0.15) is 32.2 Å². The molecule has 2 aromatic rings. The standard InChI is InChI=1S/C13H16BrN5/c1-8(6-9-2-3-9)19-13(16-17-18-19)10-4-5-11(14)12(15)7-10/h4-5,7-9H,2-3,6,15H2,1H3. The van der Waals surface area contributed by atoms with Crippen LogP contribution in [0.4, 0.5) is 5.69 Å². The minimum Gasteiger partial charge on any atom is -0.398 e. The van der Waals surface area contributed by atoms with Crippen molar-refractivity contribution in [3.63, 3.8) is 0 Å². The van der Waals surface area contributed by atoms with E-state index in [2.05, 4.69) is 38.4 Å². The molecule has 0 saturated heterocycles. The van der Waals surface area contributed by atoms with Crippen LogP contribution in [0, 0.1) is 5.92 Å².